The predicted molar refractivity (Wildman–Crippen MR) is 45.8 cm³/mol. The van der Waals surface area contributed by atoms with Gasteiger partial charge in [-0.25, -0.2) is 0 Å². The number of hydrogen-bond acceptors (Lipinski definition) is 2. The van der Waals surface area contributed by atoms with Crippen LogP contribution in [0.25, 0.3) is 0 Å². The van der Waals surface area contributed by atoms with Crippen LogP contribution in [0.5, 0.6) is 0 Å². The van der Waals surface area contributed by atoms with Gasteiger partial charge in [0.25, 0.3) is 0 Å². The maximum Gasteiger partial charge on any atom is 0.309 e. The Morgan fingerprint density at radius 1 is 1.45 bits per heavy atom. The van der Waals surface area contributed by atoms with Crippen LogP contribution in [-0.4, -0.2) is 6.16 Å². The summed E-state index contributed by atoms with van der Waals surface area (Å²) in [6.07, 6.45) is 4.75. The zero-order valence-corrected chi connectivity index (χ0v) is 8.27. The Hall–Kier alpha value is 0.0600. The van der Waals surface area contributed by atoms with Crippen LogP contribution in [0.4, 0.5) is 0 Å². The molecule has 66 valence electrons. The van der Waals surface area contributed by atoms with E-state index in [1.54, 1.807) is 0 Å². The summed E-state index contributed by atoms with van der Waals surface area (Å²) in [5.74, 6) is 0.399. The van der Waals surface area contributed by atoms with Crippen LogP contribution < -0.4 is 4.89 Å². The van der Waals surface area contributed by atoms with Gasteiger partial charge in [-0.05, 0) is 12.8 Å². The fourth-order valence-corrected chi connectivity index (χ4v) is 1.99. The third-order valence-corrected chi connectivity index (χ3v) is 2.77. The molecule has 0 N–H and O–H groups in total. The van der Waals surface area contributed by atoms with Crippen molar-refractivity contribution in [2.45, 2.75) is 39.5 Å². The molecule has 0 bridgehead atoms. The van der Waals surface area contributed by atoms with Gasteiger partial charge in [0.2, 0.25) is 0 Å². The van der Waals surface area contributed by atoms with Crippen molar-refractivity contribution in [3.63, 3.8) is 0 Å². The molecule has 0 heterocycles. The summed E-state index contributed by atoms with van der Waals surface area (Å²) in [4.78, 5) is 10.4. The minimum absolute atomic E-state index is 0.381. The van der Waals surface area contributed by atoms with E-state index in [0.29, 0.717) is 12.1 Å². The second kappa shape index (κ2) is 6.75. The highest BCUT2D eigenvalue weighted by Gasteiger charge is 2.12. The quantitative estimate of drug-likeness (QED) is 0.582. The SMILES string of the molecule is CCCCC(CC)C[P+](=O)[O-]. The van der Waals surface area contributed by atoms with Gasteiger partial charge >= 0.3 is 8.03 Å². The first kappa shape index (κ1) is 11.1. The van der Waals surface area contributed by atoms with Crippen molar-refractivity contribution >= 4 is 8.03 Å². The third-order valence-electron chi connectivity index (χ3n) is 1.95. The minimum atomic E-state index is -2.16. The van der Waals surface area contributed by atoms with Crippen molar-refractivity contribution in [1.82, 2.24) is 0 Å². The van der Waals surface area contributed by atoms with Gasteiger partial charge in [-0.3, -0.25) is 0 Å². The second-order valence-corrected chi connectivity index (χ2v) is 3.96. The zero-order chi connectivity index (χ0) is 8.69. The third kappa shape index (κ3) is 6.46. The van der Waals surface area contributed by atoms with Gasteiger partial charge in [0, 0.05) is 5.92 Å². The topological polar surface area (TPSA) is 40.1 Å². The maximum absolute atomic E-state index is 10.4. The lowest BCUT2D eigenvalue weighted by atomic mass is 10.0. The van der Waals surface area contributed by atoms with E-state index < -0.39 is 8.03 Å². The van der Waals surface area contributed by atoms with Crippen molar-refractivity contribution < 1.29 is 9.46 Å². The van der Waals surface area contributed by atoms with E-state index in [1.165, 1.54) is 0 Å². The Kier molecular flexibility index (Phi) is 6.79. The van der Waals surface area contributed by atoms with Gasteiger partial charge < -0.3 is 4.89 Å². The molecule has 0 aromatic carbocycles. The van der Waals surface area contributed by atoms with Crippen molar-refractivity contribution in [1.29, 1.82) is 0 Å². The van der Waals surface area contributed by atoms with Gasteiger partial charge in [-0.2, -0.15) is 0 Å². The molecule has 3 heteroatoms. The molecule has 0 spiro atoms. The number of hydrogen-bond donors (Lipinski definition) is 0. The Labute approximate surface area is 69.9 Å². The normalized spacial score (nSPS) is 14.6. The molecule has 0 rings (SSSR count). The first-order valence-corrected chi connectivity index (χ1v) is 5.68. The molecule has 0 saturated carbocycles. The average Bonchev–Trinajstić information content (AvgIpc) is 1.97. The Bertz CT molecular complexity index is 115. The largest absolute Gasteiger partial charge is 0.596 e. The Morgan fingerprint density at radius 2 is 2.09 bits per heavy atom. The van der Waals surface area contributed by atoms with Crippen LogP contribution in [-0.2, 0) is 4.57 Å². The molecule has 0 aliphatic carbocycles. The van der Waals surface area contributed by atoms with Crippen LogP contribution in [0, 0.1) is 5.92 Å². The zero-order valence-electron chi connectivity index (χ0n) is 7.38. The first-order valence-electron chi connectivity index (χ1n) is 4.32. The molecular formula is C8H17O2P. The molecule has 0 aliphatic heterocycles. The first-order chi connectivity index (χ1) is 5.20. The Balaban J connectivity index is 3.49. The van der Waals surface area contributed by atoms with Gasteiger partial charge in [0.1, 0.15) is 6.16 Å². The number of unbranched alkanes of at least 4 members (excludes halogenated alkanes) is 1. The highest BCUT2D eigenvalue weighted by molar-refractivity contribution is 7.36. The van der Waals surface area contributed by atoms with Crippen LogP contribution >= 0.6 is 8.03 Å². The summed E-state index contributed by atoms with van der Waals surface area (Å²) >= 11 is 0. The molecular weight excluding hydrogens is 159 g/mol. The summed E-state index contributed by atoms with van der Waals surface area (Å²) in [6, 6.07) is 0. The lowest BCUT2D eigenvalue weighted by molar-refractivity contribution is -0.164. The molecule has 0 aliphatic rings. The monoisotopic (exact) mass is 176 g/mol. The van der Waals surface area contributed by atoms with E-state index >= 15 is 0 Å². The van der Waals surface area contributed by atoms with E-state index in [4.69, 9.17) is 0 Å². The lowest BCUT2D eigenvalue weighted by Crippen LogP contribution is -2.05. The standard InChI is InChI=1S/C8H17O2P/c1-3-5-6-8(4-2)7-11(9)10/h8H,3-7H2,1-2H3. The van der Waals surface area contributed by atoms with Crippen LogP contribution in [0.2, 0.25) is 0 Å². The van der Waals surface area contributed by atoms with Crippen molar-refractivity contribution in [3.8, 4) is 0 Å². The van der Waals surface area contributed by atoms with E-state index in [1.807, 2.05) is 0 Å². The highest BCUT2D eigenvalue weighted by atomic mass is 31.1. The van der Waals surface area contributed by atoms with Crippen molar-refractivity contribution in [2.24, 2.45) is 5.92 Å². The van der Waals surface area contributed by atoms with Crippen LogP contribution in [0.15, 0.2) is 0 Å². The summed E-state index contributed by atoms with van der Waals surface area (Å²) in [5.41, 5.74) is 0. The molecule has 2 atom stereocenters. The Morgan fingerprint density at radius 3 is 2.45 bits per heavy atom. The van der Waals surface area contributed by atoms with Gasteiger partial charge in [0.05, 0.1) is 0 Å². The fourth-order valence-electron chi connectivity index (χ4n) is 1.13. The molecule has 0 aromatic rings. The average molecular weight is 176 g/mol. The fraction of sp³-hybridized carbons (Fsp3) is 1.00. The van der Waals surface area contributed by atoms with Crippen LogP contribution in [0.1, 0.15) is 39.5 Å². The molecule has 2 unspecified atom stereocenters. The number of rotatable bonds is 6. The van der Waals surface area contributed by atoms with E-state index in [2.05, 4.69) is 13.8 Å². The molecule has 0 radical (unpaired) electrons. The molecule has 2 nitrogen and oxygen atoms in total. The highest BCUT2D eigenvalue weighted by Crippen LogP contribution is 2.21. The van der Waals surface area contributed by atoms with Gasteiger partial charge in [-0.15, -0.1) is 0 Å². The predicted octanol–water partition coefficient (Wildman–Crippen LogP) is 2.31. The van der Waals surface area contributed by atoms with Crippen LogP contribution in [0.3, 0.4) is 0 Å². The van der Waals surface area contributed by atoms with Gasteiger partial charge in [0.15, 0.2) is 0 Å². The summed E-state index contributed by atoms with van der Waals surface area (Å²) in [5, 5.41) is 0. The molecule has 0 amide bonds. The summed E-state index contributed by atoms with van der Waals surface area (Å²) in [7, 11) is -2.16. The second-order valence-electron chi connectivity index (χ2n) is 2.93. The smallest absolute Gasteiger partial charge is 0.309 e. The molecule has 0 aromatic heterocycles. The maximum atomic E-state index is 10.4. The summed E-state index contributed by atoms with van der Waals surface area (Å²) < 4.78 is 10.4. The van der Waals surface area contributed by atoms with E-state index in [9.17, 15) is 9.46 Å². The summed E-state index contributed by atoms with van der Waals surface area (Å²) in [6.45, 7) is 4.18. The molecule has 0 saturated heterocycles. The lowest BCUT2D eigenvalue weighted by Gasteiger charge is -2.07. The van der Waals surface area contributed by atoms with E-state index in [-0.39, 0.29) is 0 Å². The molecule has 0 fully saturated rings. The van der Waals surface area contributed by atoms with Crippen molar-refractivity contribution in [2.75, 3.05) is 6.16 Å². The molecule has 11 heavy (non-hydrogen) atoms. The van der Waals surface area contributed by atoms with E-state index in [0.717, 1.165) is 25.7 Å². The van der Waals surface area contributed by atoms with Crippen molar-refractivity contribution in [3.05, 3.63) is 0 Å². The van der Waals surface area contributed by atoms with Gasteiger partial charge in [-0.1, -0.05) is 31.3 Å². The minimum Gasteiger partial charge on any atom is -0.596 e.